The van der Waals surface area contributed by atoms with Crippen molar-refractivity contribution in [3.05, 3.63) is 65.7 Å². The van der Waals surface area contributed by atoms with Crippen LogP contribution in [0, 0.1) is 0 Å². The minimum atomic E-state index is -1.19. The van der Waals surface area contributed by atoms with Gasteiger partial charge in [0.2, 0.25) is 5.91 Å². The number of hydrogen-bond donors (Lipinski definition) is 2. The first kappa shape index (κ1) is 21.7. The highest BCUT2D eigenvalue weighted by Crippen LogP contribution is 2.33. The molecule has 0 bridgehead atoms. The number of carboxylic acids is 1. The third-order valence-corrected chi connectivity index (χ3v) is 4.86. The fraction of sp³-hybridized carbons (Fsp3) is 0.167. The highest BCUT2D eigenvalue weighted by molar-refractivity contribution is 6.08. The Labute approximate surface area is 179 Å². The molecule has 0 aliphatic carbocycles. The molecule has 0 aliphatic rings. The van der Waals surface area contributed by atoms with Crippen LogP contribution in [-0.2, 0) is 4.79 Å². The van der Waals surface area contributed by atoms with Crippen LogP contribution in [0.15, 0.2) is 54.6 Å². The zero-order chi connectivity index (χ0) is 22.5. The number of benzene rings is 3. The molecule has 0 saturated carbocycles. The Balaban J connectivity index is 1.88. The molecule has 0 aliphatic heterocycles. The Morgan fingerprint density at radius 1 is 0.871 bits per heavy atom. The third kappa shape index (κ3) is 4.78. The molecule has 0 heterocycles. The molecule has 0 aromatic heterocycles. The van der Waals surface area contributed by atoms with Gasteiger partial charge < -0.3 is 24.6 Å². The third-order valence-electron chi connectivity index (χ3n) is 4.86. The van der Waals surface area contributed by atoms with Crippen LogP contribution in [0.25, 0.3) is 16.3 Å². The molecule has 0 fully saturated rings. The summed E-state index contributed by atoms with van der Waals surface area (Å²) >= 11 is 0. The number of rotatable bonds is 7. The number of carboxylic acid groups (broad SMARTS) is 1. The lowest BCUT2D eigenvalue weighted by Crippen LogP contribution is -2.13. The van der Waals surface area contributed by atoms with Gasteiger partial charge in [-0.3, -0.25) is 4.79 Å². The van der Waals surface area contributed by atoms with Gasteiger partial charge in [0, 0.05) is 18.2 Å². The van der Waals surface area contributed by atoms with E-state index in [1.165, 1.54) is 32.4 Å². The lowest BCUT2D eigenvalue weighted by Gasteiger charge is -2.13. The summed E-state index contributed by atoms with van der Waals surface area (Å²) in [5, 5.41) is 14.1. The molecule has 3 aromatic rings. The SMILES string of the molecule is COc1ccc2cc(C(C)=CC(=O)Nc3cc(OC)c(OC)cc3C(=O)O)ccc2c1. The minimum Gasteiger partial charge on any atom is -0.497 e. The Kier molecular flexibility index (Phi) is 6.45. The molecule has 7 nitrogen and oxygen atoms in total. The number of nitrogens with one attached hydrogen (secondary N) is 1. The lowest BCUT2D eigenvalue weighted by atomic mass is 10.0. The van der Waals surface area contributed by atoms with E-state index in [1.807, 2.05) is 43.3 Å². The first-order chi connectivity index (χ1) is 14.9. The first-order valence-electron chi connectivity index (χ1n) is 9.43. The summed E-state index contributed by atoms with van der Waals surface area (Å²) in [7, 11) is 4.46. The second kappa shape index (κ2) is 9.21. The summed E-state index contributed by atoms with van der Waals surface area (Å²) in [6.07, 6.45) is 1.42. The topological polar surface area (TPSA) is 94.1 Å². The van der Waals surface area contributed by atoms with E-state index >= 15 is 0 Å². The van der Waals surface area contributed by atoms with Crippen molar-refractivity contribution >= 4 is 33.9 Å². The van der Waals surface area contributed by atoms with Crippen molar-refractivity contribution in [2.24, 2.45) is 0 Å². The monoisotopic (exact) mass is 421 g/mol. The Morgan fingerprint density at radius 2 is 1.52 bits per heavy atom. The minimum absolute atomic E-state index is 0.100. The van der Waals surface area contributed by atoms with E-state index < -0.39 is 11.9 Å². The van der Waals surface area contributed by atoms with E-state index in [9.17, 15) is 14.7 Å². The van der Waals surface area contributed by atoms with Gasteiger partial charge in [-0.15, -0.1) is 0 Å². The highest BCUT2D eigenvalue weighted by Gasteiger charge is 2.17. The van der Waals surface area contributed by atoms with Crippen LogP contribution in [-0.4, -0.2) is 38.3 Å². The highest BCUT2D eigenvalue weighted by atomic mass is 16.5. The van der Waals surface area contributed by atoms with E-state index in [-0.39, 0.29) is 17.0 Å². The maximum Gasteiger partial charge on any atom is 0.337 e. The maximum atomic E-state index is 12.6. The number of ether oxygens (including phenoxy) is 3. The second-order valence-electron chi connectivity index (χ2n) is 6.80. The van der Waals surface area contributed by atoms with E-state index in [0.717, 1.165) is 27.7 Å². The van der Waals surface area contributed by atoms with Crippen molar-refractivity contribution in [2.75, 3.05) is 26.6 Å². The number of allylic oxidation sites excluding steroid dienone is 1. The summed E-state index contributed by atoms with van der Waals surface area (Å²) in [6, 6.07) is 14.4. The van der Waals surface area contributed by atoms with Crippen LogP contribution >= 0.6 is 0 Å². The predicted molar refractivity (Wildman–Crippen MR) is 119 cm³/mol. The number of carbonyl (C=O) groups is 2. The van der Waals surface area contributed by atoms with Crippen LogP contribution in [0.5, 0.6) is 17.2 Å². The van der Waals surface area contributed by atoms with Gasteiger partial charge in [-0.05, 0) is 47.0 Å². The molecule has 31 heavy (non-hydrogen) atoms. The maximum absolute atomic E-state index is 12.6. The van der Waals surface area contributed by atoms with E-state index in [4.69, 9.17) is 14.2 Å². The normalized spacial score (nSPS) is 11.2. The van der Waals surface area contributed by atoms with E-state index in [2.05, 4.69) is 5.32 Å². The largest absolute Gasteiger partial charge is 0.497 e. The first-order valence-corrected chi connectivity index (χ1v) is 9.43. The Morgan fingerprint density at radius 3 is 2.16 bits per heavy atom. The van der Waals surface area contributed by atoms with Crippen LogP contribution in [0.1, 0.15) is 22.8 Å². The number of amides is 1. The molecule has 0 spiro atoms. The fourth-order valence-corrected chi connectivity index (χ4v) is 3.20. The summed E-state index contributed by atoms with van der Waals surface area (Å²) in [5.41, 5.74) is 1.62. The Bertz CT molecular complexity index is 1180. The van der Waals surface area contributed by atoms with Crippen molar-refractivity contribution in [3.63, 3.8) is 0 Å². The van der Waals surface area contributed by atoms with Crippen molar-refractivity contribution < 1.29 is 28.9 Å². The molecule has 3 aromatic carbocycles. The molecule has 0 saturated heterocycles. The molecule has 0 radical (unpaired) electrons. The number of aromatic carboxylic acids is 1. The smallest absolute Gasteiger partial charge is 0.337 e. The zero-order valence-corrected chi connectivity index (χ0v) is 17.7. The number of fused-ring (bicyclic) bond motifs is 1. The van der Waals surface area contributed by atoms with Gasteiger partial charge >= 0.3 is 5.97 Å². The zero-order valence-electron chi connectivity index (χ0n) is 17.7. The molecular formula is C24H23NO6. The standard InChI is InChI=1S/C24H23NO6/c1-14(15-5-6-17-11-18(29-2)8-7-16(17)10-15)9-23(26)25-20-13-22(31-4)21(30-3)12-19(20)24(27)28/h5-13H,1-4H3,(H,25,26)(H,27,28). The van der Waals surface area contributed by atoms with Crippen molar-refractivity contribution in [3.8, 4) is 17.2 Å². The van der Waals surface area contributed by atoms with Gasteiger partial charge in [0.1, 0.15) is 5.75 Å². The molecule has 7 heteroatoms. The van der Waals surface area contributed by atoms with E-state index in [0.29, 0.717) is 5.75 Å². The van der Waals surface area contributed by atoms with Crippen LogP contribution in [0.4, 0.5) is 5.69 Å². The van der Waals surface area contributed by atoms with Gasteiger partial charge in [-0.25, -0.2) is 4.79 Å². The molecule has 2 N–H and O–H groups in total. The summed E-state index contributed by atoms with van der Waals surface area (Å²) in [6.45, 7) is 1.82. The molecule has 0 unspecified atom stereocenters. The molecule has 1 amide bonds. The lowest BCUT2D eigenvalue weighted by molar-refractivity contribution is -0.111. The molecular weight excluding hydrogens is 398 g/mol. The van der Waals surface area contributed by atoms with Crippen LogP contribution < -0.4 is 19.5 Å². The summed E-state index contributed by atoms with van der Waals surface area (Å²) in [4.78, 5) is 24.2. The van der Waals surface area contributed by atoms with Gasteiger partial charge in [-0.1, -0.05) is 18.2 Å². The number of anilines is 1. The van der Waals surface area contributed by atoms with Crippen LogP contribution in [0.3, 0.4) is 0 Å². The summed E-state index contributed by atoms with van der Waals surface area (Å²) < 4.78 is 15.6. The molecule has 0 atom stereocenters. The second-order valence-corrected chi connectivity index (χ2v) is 6.80. The fourth-order valence-electron chi connectivity index (χ4n) is 3.20. The average Bonchev–Trinajstić information content (AvgIpc) is 2.77. The van der Waals surface area contributed by atoms with Gasteiger partial charge in [0.05, 0.1) is 32.6 Å². The number of hydrogen-bond acceptors (Lipinski definition) is 5. The number of methoxy groups -OCH3 is 3. The van der Waals surface area contributed by atoms with Gasteiger partial charge in [0.25, 0.3) is 0 Å². The average molecular weight is 421 g/mol. The van der Waals surface area contributed by atoms with Gasteiger partial charge in [-0.2, -0.15) is 0 Å². The van der Waals surface area contributed by atoms with Crippen molar-refractivity contribution in [1.82, 2.24) is 0 Å². The predicted octanol–water partition coefficient (Wildman–Crippen LogP) is 4.61. The van der Waals surface area contributed by atoms with Crippen molar-refractivity contribution in [1.29, 1.82) is 0 Å². The van der Waals surface area contributed by atoms with Crippen LogP contribution in [0.2, 0.25) is 0 Å². The number of carbonyl (C=O) groups excluding carboxylic acids is 1. The molecule has 160 valence electrons. The van der Waals surface area contributed by atoms with E-state index in [1.54, 1.807) is 7.11 Å². The summed E-state index contributed by atoms with van der Waals surface area (Å²) in [5.74, 6) is -0.300. The Hall–Kier alpha value is -4.00. The molecule has 3 rings (SSSR count). The quantitative estimate of drug-likeness (QED) is 0.541. The van der Waals surface area contributed by atoms with Crippen molar-refractivity contribution in [2.45, 2.75) is 6.92 Å². The van der Waals surface area contributed by atoms with Gasteiger partial charge in [0.15, 0.2) is 11.5 Å².